The van der Waals surface area contributed by atoms with Crippen molar-refractivity contribution in [3.63, 3.8) is 0 Å². The van der Waals surface area contributed by atoms with Crippen LogP contribution in [0.4, 0.5) is 4.39 Å². The molecule has 1 aliphatic rings. The molecule has 4 heteroatoms. The Labute approximate surface area is 139 Å². The van der Waals surface area contributed by atoms with Gasteiger partial charge in [-0.05, 0) is 49.1 Å². The van der Waals surface area contributed by atoms with Crippen LogP contribution in [0.15, 0.2) is 54.7 Å². The molecular weight excluding hydrogens is 303 g/mol. The number of carbonyl (C=O) groups excluding carboxylic acids is 1. The maximum atomic E-state index is 13.2. The summed E-state index contributed by atoms with van der Waals surface area (Å²) in [6, 6.07) is 14.5. The van der Waals surface area contributed by atoms with Gasteiger partial charge in [0, 0.05) is 6.42 Å². The lowest BCUT2D eigenvalue weighted by Gasteiger charge is -2.23. The van der Waals surface area contributed by atoms with Gasteiger partial charge in [-0.1, -0.05) is 29.8 Å². The topological polar surface area (TPSA) is 34.9 Å². The van der Waals surface area contributed by atoms with E-state index in [0.717, 1.165) is 23.4 Å². The first-order valence-electron chi connectivity index (χ1n) is 8.04. The van der Waals surface area contributed by atoms with Crippen molar-refractivity contribution in [2.45, 2.75) is 25.7 Å². The first-order chi connectivity index (χ1) is 11.6. The smallest absolute Gasteiger partial charge is 0.166 e. The Balaban J connectivity index is 1.73. The minimum atomic E-state index is -0.258. The fourth-order valence-corrected chi connectivity index (χ4v) is 3.32. The molecule has 24 heavy (non-hydrogen) atoms. The summed E-state index contributed by atoms with van der Waals surface area (Å²) in [4.78, 5) is 12.5. The Bertz CT molecular complexity index is 894. The largest absolute Gasteiger partial charge is 0.294 e. The fourth-order valence-electron chi connectivity index (χ4n) is 3.32. The molecule has 2 aromatic carbocycles. The number of aryl methyl sites for hydroxylation is 1. The molecule has 0 amide bonds. The highest BCUT2D eigenvalue weighted by Crippen LogP contribution is 2.33. The number of ketones is 1. The quantitative estimate of drug-likeness (QED) is 0.708. The van der Waals surface area contributed by atoms with Gasteiger partial charge in [0.25, 0.3) is 0 Å². The fraction of sp³-hybridized carbons (Fsp3) is 0.200. The molecule has 0 bridgehead atoms. The summed E-state index contributed by atoms with van der Waals surface area (Å²) in [6.45, 7) is 2.04. The Morgan fingerprint density at radius 2 is 1.75 bits per heavy atom. The normalized spacial score (nSPS) is 16.9. The van der Waals surface area contributed by atoms with E-state index >= 15 is 0 Å². The lowest BCUT2D eigenvalue weighted by molar-refractivity contribution is 0.0964. The van der Waals surface area contributed by atoms with Crippen LogP contribution in [0.25, 0.3) is 5.69 Å². The number of fused-ring (bicyclic) bond motifs is 1. The van der Waals surface area contributed by atoms with E-state index in [4.69, 9.17) is 0 Å². The first-order valence-corrected chi connectivity index (χ1v) is 8.04. The standard InChI is InChI=1S/C20H17FN2O/c1-13-2-8-17(9-3-13)23-19-10-15(11-20(24)18(19)12-22-23)14-4-6-16(21)7-5-14/h2-9,12,15H,10-11H2,1H3. The van der Waals surface area contributed by atoms with E-state index in [1.165, 1.54) is 17.7 Å². The zero-order valence-corrected chi connectivity index (χ0v) is 13.4. The summed E-state index contributed by atoms with van der Waals surface area (Å²) < 4.78 is 15.0. The van der Waals surface area contributed by atoms with Gasteiger partial charge in [-0.15, -0.1) is 0 Å². The number of hydrogen-bond donors (Lipinski definition) is 0. The average molecular weight is 320 g/mol. The van der Waals surface area contributed by atoms with Crippen LogP contribution < -0.4 is 0 Å². The minimum absolute atomic E-state index is 0.0616. The summed E-state index contributed by atoms with van der Waals surface area (Å²) in [5.74, 6) is -0.0956. The predicted molar refractivity (Wildman–Crippen MR) is 90.1 cm³/mol. The van der Waals surface area contributed by atoms with Crippen LogP contribution in [-0.4, -0.2) is 15.6 Å². The van der Waals surface area contributed by atoms with E-state index in [-0.39, 0.29) is 17.5 Å². The Kier molecular flexibility index (Phi) is 3.53. The number of hydrogen-bond acceptors (Lipinski definition) is 2. The molecule has 1 heterocycles. The van der Waals surface area contributed by atoms with Crippen molar-refractivity contribution in [3.8, 4) is 5.69 Å². The number of nitrogens with zero attached hydrogens (tertiary/aromatic N) is 2. The molecule has 0 spiro atoms. The molecule has 1 aromatic heterocycles. The van der Waals surface area contributed by atoms with Crippen molar-refractivity contribution >= 4 is 5.78 Å². The van der Waals surface area contributed by atoms with Gasteiger partial charge in [-0.3, -0.25) is 4.79 Å². The third-order valence-electron chi connectivity index (χ3n) is 4.66. The number of halogens is 1. The second-order valence-electron chi connectivity index (χ2n) is 6.33. The van der Waals surface area contributed by atoms with Crippen LogP contribution in [0, 0.1) is 12.7 Å². The molecule has 1 atom stereocenters. The van der Waals surface area contributed by atoms with Crippen LogP contribution in [0.2, 0.25) is 0 Å². The summed E-state index contributed by atoms with van der Waals surface area (Å²) in [5, 5.41) is 4.43. The zero-order chi connectivity index (χ0) is 16.7. The van der Waals surface area contributed by atoms with Crippen LogP contribution in [-0.2, 0) is 6.42 Å². The molecule has 3 nitrogen and oxygen atoms in total. The van der Waals surface area contributed by atoms with Crippen molar-refractivity contribution in [2.75, 3.05) is 0 Å². The molecule has 0 N–H and O–H groups in total. The third-order valence-corrected chi connectivity index (χ3v) is 4.66. The van der Waals surface area contributed by atoms with Crippen molar-refractivity contribution in [2.24, 2.45) is 0 Å². The van der Waals surface area contributed by atoms with Gasteiger partial charge in [0.2, 0.25) is 0 Å². The zero-order valence-electron chi connectivity index (χ0n) is 13.4. The summed E-state index contributed by atoms with van der Waals surface area (Å²) in [7, 11) is 0. The maximum absolute atomic E-state index is 13.2. The molecule has 0 saturated heterocycles. The Morgan fingerprint density at radius 1 is 1.04 bits per heavy atom. The molecule has 0 radical (unpaired) electrons. The maximum Gasteiger partial charge on any atom is 0.166 e. The van der Waals surface area contributed by atoms with Gasteiger partial charge in [-0.25, -0.2) is 9.07 Å². The summed E-state index contributed by atoms with van der Waals surface area (Å²) in [5.41, 5.74) is 4.76. The van der Waals surface area contributed by atoms with Gasteiger partial charge >= 0.3 is 0 Å². The van der Waals surface area contributed by atoms with Gasteiger partial charge in [0.05, 0.1) is 23.1 Å². The number of benzene rings is 2. The van der Waals surface area contributed by atoms with Crippen molar-refractivity contribution in [3.05, 3.63) is 82.9 Å². The summed E-state index contributed by atoms with van der Waals surface area (Å²) in [6.07, 6.45) is 2.83. The molecule has 3 aromatic rings. The van der Waals surface area contributed by atoms with Crippen LogP contribution in [0.1, 0.15) is 39.5 Å². The SMILES string of the molecule is Cc1ccc(-n2ncc3c2CC(c2ccc(F)cc2)CC3=O)cc1. The van der Waals surface area contributed by atoms with Gasteiger partial charge < -0.3 is 0 Å². The molecule has 0 saturated carbocycles. The van der Waals surface area contributed by atoms with Crippen molar-refractivity contribution < 1.29 is 9.18 Å². The average Bonchev–Trinajstić information content (AvgIpc) is 3.01. The molecule has 4 rings (SSSR count). The third kappa shape index (κ3) is 2.54. The van der Waals surface area contributed by atoms with E-state index in [0.29, 0.717) is 12.0 Å². The molecular formula is C20H17FN2O. The number of rotatable bonds is 2. The predicted octanol–water partition coefficient (Wildman–Crippen LogP) is 4.23. The van der Waals surface area contributed by atoms with Crippen LogP contribution in [0.5, 0.6) is 0 Å². The van der Waals surface area contributed by atoms with Gasteiger partial charge in [-0.2, -0.15) is 5.10 Å². The second-order valence-corrected chi connectivity index (χ2v) is 6.33. The number of Topliss-reactive ketones (excluding diaryl/α,β-unsaturated/α-hetero) is 1. The highest BCUT2D eigenvalue weighted by atomic mass is 19.1. The van der Waals surface area contributed by atoms with Crippen LogP contribution >= 0.6 is 0 Å². The van der Waals surface area contributed by atoms with Crippen LogP contribution in [0.3, 0.4) is 0 Å². The monoisotopic (exact) mass is 320 g/mol. The lowest BCUT2D eigenvalue weighted by atomic mass is 9.82. The van der Waals surface area contributed by atoms with Crippen molar-refractivity contribution in [1.29, 1.82) is 0 Å². The molecule has 1 unspecified atom stereocenters. The number of carbonyl (C=O) groups is 1. The van der Waals surface area contributed by atoms with Gasteiger partial charge in [0.15, 0.2) is 5.78 Å². The lowest BCUT2D eigenvalue weighted by Crippen LogP contribution is -2.20. The van der Waals surface area contributed by atoms with Crippen molar-refractivity contribution in [1.82, 2.24) is 9.78 Å². The molecule has 120 valence electrons. The van der Waals surface area contributed by atoms with E-state index in [2.05, 4.69) is 5.10 Å². The van der Waals surface area contributed by atoms with E-state index in [1.807, 2.05) is 35.9 Å². The molecule has 1 aliphatic carbocycles. The minimum Gasteiger partial charge on any atom is -0.294 e. The Morgan fingerprint density at radius 3 is 2.46 bits per heavy atom. The Hall–Kier alpha value is -2.75. The highest BCUT2D eigenvalue weighted by molar-refractivity contribution is 5.98. The first kappa shape index (κ1) is 14.8. The van der Waals surface area contributed by atoms with E-state index in [9.17, 15) is 9.18 Å². The number of aromatic nitrogens is 2. The summed E-state index contributed by atoms with van der Waals surface area (Å²) >= 11 is 0. The molecule has 0 fully saturated rings. The van der Waals surface area contributed by atoms with E-state index < -0.39 is 0 Å². The second kappa shape index (κ2) is 5.71. The van der Waals surface area contributed by atoms with Gasteiger partial charge in [0.1, 0.15) is 5.82 Å². The molecule has 0 aliphatic heterocycles. The van der Waals surface area contributed by atoms with E-state index in [1.54, 1.807) is 18.3 Å². The highest BCUT2D eigenvalue weighted by Gasteiger charge is 2.30.